The van der Waals surface area contributed by atoms with Crippen molar-refractivity contribution in [3.63, 3.8) is 0 Å². The minimum atomic E-state index is 0.720. The van der Waals surface area contributed by atoms with Gasteiger partial charge in [0.2, 0.25) is 0 Å². The molecule has 0 aliphatic heterocycles. The first kappa shape index (κ1) is 40.7. The zero-order valence-corrected chi connectivity index (χ0v) is 33.5. The van der Waals surface area contributed by atoms with Crippen LogP contribution >= 0.6 is 0 Å². The first-order valence-electron chi connectivity index (χ1n) is 18.9. The molecular formula is C52H56N2. The Balaban J connectivity index is 1.86. The van der Waals surface area contributed by atoms with Crippen molar-refractivity contribution in [2.75, 3.05) is 9.80 Å². The number of para-hydroxylation sites is 1. The maximum absolute atomic E-state index is 4.10. The zero-order chi connectivity index (χ0) is 38.9. The van der Waals surface area contributed by atoms with Gasteiger partial charge in [0.1, 0.15) is 0 Å². The van der Waals surface area contributed by atoms with E-state index >= 15 is 0 Å². The molecule has 4 rings (SSSR count). The van der Waals surface area contributed by atoms with E-state index in [1.54, 1.807) is 0 Å². The van der Waals surface area contributed by atoms with Gasteiger partial charge in [0.15, 0.2) is 0 Å². The number of aryl methyl sites for hydroxylation is 2. The van der Waals surface area contributed by atoms with E-state index in [1.165, 1.54) is 27.8 Å². The Bertz CT molecular complexity index is 2150. The van der Waals surface area contributed by atoms with Gasteiger partial charge in [-0.25, -0.2) is 0 Å². The molecule has 54 heavy (non-hydrogen) atoms. The molecule has 0 unspecified atom stereocenters. The summed E-state index contributed by atoms with van der Waals surface area (Å²) in [5.41, 5.74) is 14.7. The number of benzene rings is 4. The topological polar surface area (TPSA) is 6.48 Å². The molecule has 4 aromatic rings. The van der Waals surface area contributed by atoms with Crippen molar-refractivity contribution in [2.24, 2.45) is 0 Å². The van der Waals surface area contributed by atoms with Crippen molar-refractivity contribution in [3.05, 3.63) is 203 Å². The summed E-state index contributed by atoms with van der Waals surface area (Å²) in [6.45, 7) is 21.0. The number of hydrogen-bond donors (Lipinski definition) is 0. The Kier molecular flexibility index (Phi) is 15.7. The second kappa shape index (κ2) is 20.9. The molecule has 0 N–H and O–H groups in total. The van der Waals surface area contributed by atoms with E-state index in [0.29, 0.717) is 0 Å². The van der Waals surface area contributed by atoms with E-state index in [1.807, 2.05) is 19.9 Å². The van der Waals surface area contributed by atoms with Gasteiger partial charge < -0.3 is 9.80 Å². The second-order valence-electron chi connectivity index (χ2n) is 13.4. The van der Waals surface area contributed by atoms with E-state index in [0.717, 1.165) is 58.1 Å². The predicted octanol–water partition coefficient (Wildman–Crippen LogP) is 14.7. The van der Waals surface area contributed by atoms with Gasteiger partial charge in [-0.1, -0.05) is 122 Å². The van der Waals surface area contributed by atoms with Crippen molar-refractivity contribution < 1.29 is 0 Å². The fourth-order valence-corrected chi connectivity index (χ4v) is 6.28. The van der Waals surface area contributed by atoms with Crippen LogP contribution in [0.25, 0.3) is 17.3 Å². The minimum absolute atomic E-state index is 0.720. The Labute approximate surface area is 326 Å². The maximum atomic E-state index is 4.10. The van der Waals surface area contributed by atoms with Crippen LogP contribution in [0.15, 0.2) is 175 Å². The lowest BCUT2D eigenvalue weighted by Gasteiger charge is -2.30. The van der Waals surface area contributed by atoms with Gasteiger partial charge in [0.05, 0.1) is 11.4 Å². The summed E-state index contributed by atoms with van der Waals surface area (Å²) in [4.78, 5) is 4.69. The van der Waals surface area contributed by atoms with Crippen LogP contribution in [0, 0.1) is 25.7 Å². The number of hydrogen-bond acceptors (Lipinski definition) is 2. The lowest BCUT2D eigenvalue weighted by molar-refractivity contribution is 1.07. The maximum Gasteiger partial charge on any atom is 0.0533 e. The van der Waals surface area contributed by atoms with Crippen molar-refractivity contribution in [2.45, 2.75) is 68.2 Å². The number of nitrogens with zero attached hydrogens (tertiary/aromatic N) is 2. The van der Waals surface area contributed by atoms with Crippen LogP contribution in [0.3, 0.4) is 0 Å². The number of allylic oxidation sites excluding steroid dienone is 12. The van der Waals surface area contributed by atoms with E-state index in [9.17, 15) is 0 Å². The Morgan fingerprint density at radius 2 is 1.44 bits per heavy atom. The molecule has 4 aromatic carbocycles. The lowest BCUT2D eigenvalue weighted by atomic mass is 10.0. The van der Waals surface area contributed by atoms with Crippen LogP contribution in [-0.2, 0) is 0 Å². The van der Waals surface area contributed by atoms with Crippen LogP contribution in [-0.4, -0.2) is 0 Å². The van der Waals surface area contributed by atoms with E-state index in [4.69, 9.17) is 0 Å². The standard InChI is InChI=1S/C52H56N2/c1-10-14-26-46(23-13-4)54(51-31-21-25-42(8)49(51)29-15-11-2)48-37-35-45(36-38-48)44(22-12-3)34-33-43(9)53(47-27-17-16-18-28-47)52(39-32-40(5)6)50-30-20-19-24-41(50)7/h10,13-21,24-39H,4,11,23H2,1-3,5-9H3/b14-10-,29-15-,43-33+,44-34+,46-26+,52-39+. The molecule has 2 heteroatoms. The first-order chi connectivity index (χ1) is 26.2. The average Bonchev–Trinajstić information content (AvgIpc) is 3.17. The average molecular weight is 709 g/mol. The van der Waals surface area contributed by atoms with Crippen LogP contribution in [0.1, 0.15) is 82.2 Å². The molecule has 0 bridgehead atoms. The molecule has 0 amide bonds. The van der Waals surface area contributed by atoms with Crippen molar-refractivity contribution in [3.8, 4) is 11.8 Å². The minimum Gasteiger partial charge on any atom is -0.314 e. The second-order valence-corrected chi connectivity index (χ2v) is 13.4. The van der Waals surface area contributed by atoms with Gasteiger partial charge in [-0.3, -0.25) is 0 Å². The Morgan fingerprint density at radius 1 is 0.741 bits per heavy atom. The predicted molar refractivity (Wildman–Crippen MR) is 239 cm³/mol. The third-order valence-electron chi connectivity index (χ3n) is 8.97. The molecular weight excluding hydrogens is 653 g/mol. The van der Waals surface area contributed by atoms with Crippen LogP contribution in [0.2, 0.25) is 0 Å². The van der Waals surface area contributed by atoms with Crippen LogP contribution in [0.5, 0.6) is 0 Å². The van der Waals surface area contributed by atoms with Crippen LogP contribution in [0.4, 0.5) is 17.1 Å². The first-order valence-corrected chi connectivity index (χ1v) is 18.9. The van der Waals surface area contributed by atoms with Crippen molar-refractivity contribution >= 4 is 34.4 Å². The molecule has 0 spiro atoms. The molecule has 0 radical (unpaired) electrons. The number of anilines is 3. The van der Waals surface area contributed by atoms with Crippen LogP contribution < -0.4 is 9.80 Å². The monoisotopic (exact) mass is 708 g/mol. The van der Waals surface area contributed by atoms with Gasteiger partial charge in [-0.2, -0.15) is 0 Å². The highest BCUT2D eigenvalue weighted by molar-refractivity contribution is 5.86. The van der Waals surface area contributed by atoms with Gasteiger partial charge in [0.25, 0.3) is 0 Å². The molecule has 0 saturated heterocycles. The Hall–Kier alpha value is -6.04. The van der Waals surface area contributed by atoms with E-state index in [2.05, 4.69) is 222 Å². The highest BCUT2D eigenvalue weighted by atomic mass is 15.2. The van der Waals surface area contributed by atoms with E-state index < -0.39 is 0 Å². The quantitative estimate of drug-likeness (QED) is 0.0689. The summed E-state index contributed by atoms with van der Waals surface area (Å²) in [5.74, 6) is 6.57. The summed E-state index contributed by atoms with van der Waals surface area (Å²) < 4.78 is 0. The van der Waals surface area contributed by atoms with E-state index in [-0.39, 0.29) is 0 Å². The highest BCUT2D eigenvalue weighted by Crippen LogP contribution is 2.37. The molecule has 0 heterocycles. The molecule has 2 nitrogen and oxygen atoms in total. The highest BCUT2D eigenvalue weighted by Gasteiger charge is 2.19. The fraction of sp³-hybridized carbons (Fsp3) is 0.192. The summed E-state index contributed by atoms with van der Waals surface area (Å²) in [7, 11) is 0. The molecule has 0 saturated carbocycles. The summed E-state index contributed by atoms with van der Waals surface area (Å²) >= 11 is 0. The molecule has 0 atom stereocenters. The normalized spacial score (nSPS) is 12.4. The van der Waals surface area contributed by atoms with Crippen molar-refractivity contribution in [1.29, 1.82) is 0 Å². The fourth-order valence-electron chi connectivity index (χ4n) is 6.28. The van der Waals surface area contributed by atoms with Gasteiger partial charge in [-0.15, -0.1) is 12.5 Å². The lowest BCUT2D eigenvalue weighted by Crippen LogP contribution is -2.20. The largest absolute Gasteiger partial charge is 0.314 e. The van der Waals surface area contributed by atoms with Gasteiger partial charge in [0, 0.05) is 45.9 Å². The molecule has 0 aliphatic rings. The summed E-state index contributed by atoms with van der Waals surface area (Å²) in [6, 6.07) is 34.4. The Morgan fingerprint density at radius 3 is 2.09 bits per heavy atom. The summed E-state index contributed by atoms with van der Waals surface area (Å²) in [6.07, 6.45) is 23.2. The molecule has 0 aromatic heterocycles. The summed E-state index contributed by atoms with van der Waals surface area (Å²) in [5, 5.41) is 0. The zero-order valence-electron chi connectivity index (χ0n) is 33.5. The smallest absolute Gasteiger partial charge is 0.0533 e. The third kappa shape index (κ3) is 10.8. The molecule has 0 aliphatic carbocycles. The molecule has 274 valence electrons. The third-order valence-corrected chi connectivity index (χ3v) is 8.97. The van der Waals surface area contributed by atoms with Gasteiger partial charge in [-0.05, 0) is 126 Å². The molecule has 0 fully saturated rings. The SMILES string of the molecule is C=CC/C(=C\C=C/C)N(c1ccc(/C(C#CC)=C/C=C(\C)N(/C(=C/C=C(C)C)c2ccccc2C)c2ccccc2)cc1)c1cccc(C)c1/C=C\CC. The number of rotatable bonds is 15. The van der Waals surface area contributed by atoms with Gasteiger partial charge >= 0.3 is 0 Å². The van der Waals surface area contributed by atoms with Crippen molar-refractivity contribution in [1.82, 2.24) is 0 Å².